The molecule has 6 heteroatoms. The summed E-state index contributed by atoms with van der Waals surface area (Å²) in [5.74, 6) is 0. The van der Waals surface area contributed by atoms with E-state index in [1.807, 2.05) is 56.9 Å². The van der Waals surface area contributed by atoms with Crippen LogP contribution in [0.2, 0.25) is 0 Å². The van der Waals surface area contributed by atoms with Crippen molar-refractivity contribution in [3.05, 3.63) is 29.8 Å². The number of carbonyl (C=O) groups is 1. The molecule has 2 aliphatic heterocycles. The summed E-state index contributed by atoms with van der Waals surface area (Å²) >= 11 is 0. The van der Waals surface area contributed by atoms with Gasteiger partial charge in [-0.05, 0) is 38.7 Å². The van der Waals surface area contributed by atoms with Gasteiger partial charge in [0.05, 0.1) is 11.2 Å². The minimum absolute atomic E-state index is 0.00929. The van der Waals surface area contributed by atoms with Crippen LogP contribution in [0.5, 0.6) is 0 Å². The largest absolute Gasteiger partial charge is 0.494 e. The first kappa shape index (κ1) is 15.4. The molecule has 0 bridgehead atoms. The van der Waals surface area contributed by atoms with Gasteiger partial charge >= 0.3 is 13.1 Å². The zero-order chi connectivity index (χ0) is 16.0. The van der Waals surface area contributed by atoms with E-state index in [0.29, 0.717) is 6.54 Å². The van der Waals surface area contributed by atoms with Crippen LogP contribution in [0.4, 0.5) is 4.79 Å². The van der Waals surface area contributed by atoms with Gasteiger partial charge in [-0.1, -0.05) is 24.3 Å². The Balaban J connectivity index is 1.69. The van der Waals surface area contributed by atoms with Gasteiger partial charge in [-0.25, -0.2) is 4.79 Å². The van der Waals surface area contributed by atoms with Crippen LogP contribution in [0.1, 0.15) is 33.3 Å². The molecule has 0 saturated carbocycles. The molecule has 1 aromatic carbocycles. The van der Waals surface area contributed by atoms with Crippen LogP contribution in [0.15, 0.2) is 24.3 Å². The molecule has 0 aliphatic carbocycles. The van der Waals surface area contributed by atoms with E-state index in [0.717, 1.165) is 24.1 Å². The molecule has 5 nitrogen and oxygen atoms in total. The lowest BCUT2D eigenvalue weighted by atomic mass is 9.79. The quantitative estimate of drug-likeness (QED) is 0.861. The molecule has 2 amide bonds. The average molecular weight is 302 g/mol. The highest BCUT2D eigenvalue weighted by molar-refractivity contribution is 6.62. The van der Waals surface area contributed by atoms with Crippen molar-refractivity contribution in [1.82, 2.24) is 10.2 Å². The van der Waals surface area contributed by atoms with Crippen LogP contribution >= 0.6 is 0 Å². The Morgan fingerprint density at radius 1 is 1.14 bits per heavy atom. The number of benzene rings is 1. The van der Waals surface area contributed by atoms with E-state index in [-0.39, 0.29) is 24.4 Å². The molecule has 2 heterocycles. The minimum Gasteiger partial charge on any atom is -0.399 e. The first-order valence-electron chi connectivity index (χ1n) is 7.76. The third-order valence-corrected chi connectivity index (χ3v) is 4.82. The summed E-state index contributed by atoms with van der Waals surface area (Å²) in [5.41, 5.74) is 1.46. The molecule has 0 radical (unpaired) electrons. The molecule has 22 heavy (non-hydrogen) atoms. The van der Waals surface area contributed by atoms with E-state index in [2.05, 4.69) is 5.32 Å². The Morgan fingerprint density at radius 2 is 1.73 bits per heavy atom. The number of hydrogen-bond acceptors (Lipinski definition) is 3. The molecule has 1 aromatic rings. The second-order valence-electron chi connectivity index (χ2n) is 6.98. The zero-order valence-corrected chi connectivity index (χ0v) is 13.7. The summed E-state index contributed by atoms with van der Waals surface area (Å²) in [4.78, 5) is 13.4. The highest BCUT2D eigenvalue weighted by atomic mass is 16.7. The van der Waals surface area contributed by atoms with Crippen molar-refractivity contribution in [2.24, 2.45) is 0 Å². The molecule has 2 fully saturated rings. The molecule has 3 rings (SSSR count). The first-order valence-corrected chi connectivity index (χ1v) is 7.76. The number of amides is 2. The van der Waals surface area contributed by atoms with Crippen LogP contribution < -0.4 is 10.8 Å². The Morgan fingerprint density at radius 3 is 2.23 bits per heavy atom. The summed E-state index contributed by atoms with van der Waals surface area (Å²) < 4.78 is 12.1. The number of nitrogens with one attached hydrogen (secondary N) is 1. The van der Waals surface area contributed by atoms with Gasteiger partial charge in [0.1, 0.15) is 0 Å². The van der Waals surface area contributed by atoms with Crippen LogP contribution in [0, 0.1) is 0 Å². The lowest BCUT2D eigenvalue weighted by Gasteiger charge is -2.32. The molecule has 0 spiro atoms. The van der Waals surface area contributed by atoms with Crippen LogP contribution in [0.3, 0.4) is 0 Å². The lowest BCUT2D eigenvalue weighted by Crippen LogP contribution is -2.41. The third kappa shape index (κ3) is 2.73. The van der Waals surface area contributed by atoms with Gasteiger partial charge in [0.25, 0.3) is 0 Å². The van der Waals surface area contributed by atoms with Gasteiger partial charge in [-0.3, -0.25) is 0 Å². The molecule has 1 N–H and O–H groups in total. The average Bonchev–Trinajstić information content (AvgIpc) is 2.92. The topological polar surface area (TPSA) is 50.8 Å². The SMILES string of the molecule is CC1(C)OB(c2ccc(CN3CCNC3=O)cc2)OC1(C)C. The fraction of sp³-hybridized carbons (Fsp3) is 0.562. The lowest BCUT2D eigenvalue weighted by molar-refractivity contribution is 0.00578. The zero-order valence-electron chi connectivity index (χ0n) is 13.7. The molecule has 118 valence electrons. The second kappa shape index (κ2) is 5.28. The molecule has 2 aliphatic rings. The smallest absolute Gasteiger partial charge is 0.399 e. The van der Waals surface area contributed by atoms with Crippen LogP contribution in [0.25, 0.3) is 0 Å². The molecule has 2 saturated heterocycles. The van der Waals surface area contributed by atoms with Crippen molar-refractivity contribution >= 4 is 18.6 Å². The highest BCUT2D eigenvalue weighted by Gasteiger charge is 2.51. The van der Waals surface area contributed by atoms with Crippen LogP contribution in [-0.2, 0) is 15.9 Å². The molecular weight excluding hydrogens is 279 g/mol. The van der Waals surface area contributed by atoms with Crippen molar-refractivity contribution in [2.45, 2.75) is 45.4 Å². The maximum absolute atomic E-state index is 11.6. The predicted octanol–water partition coefficient (Wildman–Crippen LogP) is 1.51. The number of hydrogen-bond donors (Lipinski definition) is 1. The van der Waals surface area contributed by atoms with E-state index in [1.54, 1.807) is 0 Å². The van der Waals surface area contributed by atoms with Gasteiger partial charge in [0.15, 0.2) is 0 Å². The Labute approximate surface area is 132 Å². The first-order chi connectivity index (χ1) is 10.3. The van der Waals surface area contributed by atoms with E-state index in [9.17, 15) is 4.79 Å². The molecule has 0 unspecified atom stereocenters. The van der Waals surface area contributed by atoms with Crippen molar-refractivity contribution in [2.75, 3.05) is 13.1 Å². The summed E-state index contributed by atoms with van der Waals surface area (Å²) in [6.45, 7) is 10.3. The van der Waals surface area contributed by atoms with E-state index >= 15 is 0 Å². The van der Waals surface area contributed by atoms with Gasteiger partial charge < -0.3 is 19.5 Å². The third-order valence-electron chi connectivity index (χ3n) is 4.82. The Kier molecular flexibility index (Phi) is 3.69. The molecule has 0 aromatic heterocycles. The van der Waals surface area contributed by atoms with E-state index in [4.69, 9.17) is 9.31 Å². The normalized spacial score (nSPS) is 23.0. The molecule has 0 atom stereocenters. The molecular formula is C16H23BN2O3. The van der Waals surface area contributed by atoms with Gasteiger partial charge in [-0.2, -0.15) is 0 Å². The van der Waals surface area contributed by atoms with E-state index in [1.165, 1.54) is 0 Å². The fourth-order valence-electron chi connectivity index (χ4n) is 2.64. The maximum Gasteiger partial charge on any atom is 0.494 e. The predicted molar refractivity (Wildman–Crippen MR) is 86.0 cm³/mol. The van der Waals surface area contributed by atoms with Gasteiger partial charge in [0, 0.05) is 19.6 Å². The summed E-state index contributed by atoms with van der Waals surface area (Å²) in [5, 5.41) is 2.81. The Hall–Kier alpha value is -1.53. The number of rotatable bonds is 3. The van der Waals surface area contributed by atoms with Gasteiger partial charge in [-0.15, -0.1) is 0 Å². The van der Waals surface area contributed by atoms with Crippen molar-refractivity contribution < 1.29 is 14.1 Å². The number of urea groups is 1. The number of carbonyl (C=O) groups excluding carboxylic acids is 1. The Bertz CT molecular complexity index is 555. The summed E-state index contributed by atoms with van der Waals surface area (Å²) in [7, 11) is -0.339. The number of nitrogens with zero attached hydrogens (tertiary/aromatic N) is 1. The minimum atomic E-state index is -0.339. The maximum atomic E-state index is 11.6. The van der Waals surface area contributed by atoms with Crippen molar-refractivity contribution in [1.29, 1.82) is 0 Å². The van der Waals surface area contributed by atoms with E-state index < -0.39 is 0 Å². The van der Waals surface area contributed by atoms with Crippen LogP contribution in [-0.4, -0.2) is 42.3 Å². The van der Waals surface area contributed by atoms with Gasteiger partial charge in [0.2, 0.25) is 0 Å². The monoisotopic (exact) mass is 302 g/mol. The summed E-state index contributed by atoms with van der Waals surface area (Å²) in [6.07, 6.45) is 0. The highest BCUT2D eigenvalue weighted by Crippen LogP contribution is 2.36. The standard InChI is InChI=1S/C16H23BN2O3/c1-15(2)16(3,4)22-17(21-15)13-7-5-12(6-8-13)11-19-10-9-18-14(19)20/h5-8H,9-11H2,1-4H3,(H,18,20). The fourth-order valence-corrected chi connectivity index (χ4v) is 2.64. The summed E-state index contributed by atoms with van der Waals surface area (Å²) in [6, 6.07) is 8.12. The second-order valence-corrected chi connectivity index (χ2v) is 6.98. The van der Waals surface area contributed by atoms with Crippen molar-refractivity contribution in [3.63, 3.8) is 0 Å². The van der Waals surface area contributed by atoms with Crippen molar-refractivity contribution in [3.8, 4) is 0 Å².